The molecule has 17 heavy (non-hydrogen) atoms. The molecule has 0 aromatic heterocycles. The minimum Gasteiger partial charge on any atom is -0.493 e. The molecule has 0 aliphatic heterocycles. The van der Waals surface area contributed by atoms with Crippen LogP contribution >= 0.6 is 0 Å². The van der Waals surface area contributed by atoms with Gasteiger partial charge in [-0.25, -0.2) is 0 Å². The van der Waals surface area contributed by atoms with Crippen LogP contribution in [0.4, 0.5) is 0 Å². The molecule has 0 aliphatic carbocycles. The van der Waals surface area contributed by atoms with Gasteiger partial charge in [0.05, 0.1) is 23.8 Å². The molecule has 0 N–H and O–H groups in total. The van der Waals surface area contributed by atoms with E-state index in [-0.39, 0.29) is 5.60 Å². The van der Waals surface area contributed by atoms with E-state index in [2.05, 4.69) is 6.07 Å². The van der Waals surface area contributed by atoms with Gasteiger partial charge in [0.1, 0.15) is 5.75 Å². The summed E-state index contributed by atoms with van der Waals surface area (Å²) in [5.74, 6) is 0.799. The van der Waals surface area contributed by atoms with E-state index in [1.54, 1.807) is 13.2 Å². The summed E-state index contributed by atoms with van der Waals surface area (Å²) in [6, 6.07) is 7.63. The quantitative estimate of drug-likeness (QED) is 0.785. The van der Waals surface area contributed by atoms with Crippen LogP contribution in [-0.2, 0) is 4.74 Å². The van der Waals surface area contributed by atoms with Gasteiger partial charge in [0.15, 0.2) is 0 Å². The first kappa shape index (κ1) is 13.5. The van der Waals surface area contributed by atoms with E-state index in [1.807, 2.05) is 32.9 Å². The van der Waals surface area contributed by atoms with Crippen molar-refractivity contribution in [2.75, 3.05) is 13.7 Å². The number of aryl methyl sites for hydroxylation is 1. The van der Waals surface area contributed by atoms with Crippen LogP contribution in [0.5, 0.6) is 5.75 Å². The highest BCUT2D eigenvalue weighted by atomic mass is 16.5. The van der Waals surface area contributed by atoms with E-state index in [9.17, 15) is 0 Å². The van der Waals surface area contributed by atoms with Gasteiger partial charge in [-0.1, -0.05) is 0 Å². The second-order valence-electron chi connectivity index (χ2n) is 4.65. The largest absolute Gasteiger partial charge is 0.493 e. The first-order valence-corrected chi connectivity index (χ1v) is 5.67. The zero-order valence-corrected chi connectivity index (χ0v) is 10.9. The lowest BCUT2D eigenvalue weighted by atomic mass is 10.1. The maximum Gasteiger partial charge on any atom is 0.119 e. The first-order chi connectivity index (χ1) is 7.98. The molecule has 0 fully saturated rings. The van der Waals surface area contributed by atoms with E-state index >= 15 is 0 Å². The van der Waals surface area contributed by atoms with Gasteiger partial charge in [-0.15, -0.1) is 0 Å². The lowest BCUT2D eigenvalue weighted by molar-refractivity contribution is 0.00545. The van der Waals surface area contributed by atoms with E-state index in [0.717, 1.165) is 17.7 Å². The van der Waals surface area contributed by atoms with Crippen molar-refractivity contribution in [1.29, 1.82) is 5.26 Å². The molecule has 0 unspecified atom stereocenters. The molecule has 1 aromatic rings. The topological polar surface area (TPSA) is 42.2 Å². The van der Waals surface area contributed by atoms with E-state index in [4.69, 9.17) is 14.7 Å². The minimum absolute atomic E-state index is 0.165. The fraction of sp³-hybridized carbons (Fsp3) is 0.500. The van der Waals surface area contributed by atoms with Crippen LogP contribution in [0.25, 0.3) is 0 Å². The second-order valence-corrected chi connectivity index (χ2v) is 4.65. The third kappa shape index (κ3) is 4.08. The van der Waals surface area contributed by atoms with Gasteiger partial charge in [0.25, 0.3) is 0 Å². The molecular formula is C14H19NO2. The van der Waals surface area contributed by atoms with E-state index in [1.165, 1.54) is 0 Å². The van der Waals surface area contributed by atoms with E-state index < -0.39 is 0 Å². The zero-order valence-electron chi connectivity index (χ0n) is 10.9. The summed E-state index contributed by atoms with van der Waals surface area (Å²) in [6.45, 7) is 6.57. The highest BCUT2D eigenvalue weighted by molar-refractivity contribution is 5.41. The van der Waals surface area contributed by atoms with Crippen LogP contribution in [-0.4, -0.2) is 19.3 Å². The van der Waals surface area contributed by atoms with Crippen molar-refractivity contribution in [2.24, 2.45) is 0 Å². The predicted molar refractivity (Wildman–Crippen MR) is 67.1 cm³/mol. The normalized spacial score (nSPS) is 11.0. The Kier molecular flexibility index (Phi) is 4.53. The summed E-state index contributed by atoms with van der Waals surface area (Å²) in [6.07, 6.45) is 0.822. The zero-order chi connectivity index (χ0) is 12.9. The third-order valence-corrected chi connectivity index (χ3v) is 2.84. The highest BCUT2D eigenvalue weighted by Crippen LogP contribution is 2.18. The molecule has 0 saturated heterocycles. The standard InChI is InChI=1S/C14H19NO2/c1-11-9-13(6-5-12(11)10-15)17-8-7-14(2,3)16-4/h5-6,9H,7-8H2,1-4H3. The van der Waals surface area contributed by atoms with Crippen molar-refractivity contribution in [3.05, 3.63) is 29.3 Å². The molecule has 0 aliphatic rings. The lowest BCUT2D eigenvalue weighted by Crippen LogP contribution is -2.25. The number of benzene rings is 1. The monoisotopic (exact) mass is 233 g/mol. The van der Waals surface area contributed by atoms with Gasteiger partial charge in [0, 0.05) is 13.5 Å². The van der Waals surface area contributed by atoms with Crippen LogP contribution in [0.2, 0.25) is 0 Å². The molecule has 0 saturated carbocycles. The van der Waals surface area contributed by atoms with Crippen LogP contribution < -0.4 is 4.74 Å². The van der Waals surface area contributed by atoms with Crippen molar-refractivity contribution in [3.8, 4) is 11.8 Å². The number of rotatable bonds is 5. The summed E-state index contributed by atoms with van der Waals surface area (Å²) in [7, 11) is 1.70. The fourth-order valence-corrected chi connectivity index (χ4v) is 1.37. The Morgan fingerprint density at radius 2 is 2.06 bits per heavy atom. The molecule has 3 nitrogen and oxygen atoms in total. The van der Waals surface area contributed by atoms with Gasteiger partial charge in [-0.2, -0.15) is 5.26 Å². The summed E-state index contributed by atoms with van der Waals surface area (Å²) >= 11 is 0. The maximum atomic E-state index is 8.82. The van der Waals surface area contributed by atoms with Crippen LogP contribution in [0.3, 0.4) is 0 Å². The summed E-state index contributed by atoms with van der Waals surface area (Å²) in [4.78, 5) is 0. The Balaban J connectivity index is 2.54. The predicted octanol–water partition coefficient (Wildman–Crippen LogP) is 3.06. The smallest absolute Gasteiger partial charge is 0.119 e. The number of hydrogen-bond acceptors (Lipinski definition) is 3. The molecule has 1 aromatic carbocycles. The van der Waals surface area contributed by atoms with Gasteiger partial charge < -0.3 is 9.47 Å². The number of nitriles is 1. The molecule has 3 heteroatoms. The molecule has 92 valence electrons. The summed E-state index contributed by atoms with van der Waals surface area (Å²) < 4.78 is 10.9. The third-order valence-electron chi connectivity index (χ3n) is 2.84. The van der Waals surface area contributed by atoms with Crippen molar-refractivity contribution >= 4 is 0 Å². The number of hydrogen-bond donors (Lipinski definition) is 0. The molecular weight excluding hydrogens is 214 g/mol. The SMILES string of the molecule is COC(C)(C)CCOc1ccc(C#N)c(C)c1. The number of methoxy groups -OCH3 is 1. The fourth-order valence-electron chi connectivity index (χ4n) is 1.37. The van der Waals surface area contributed by atoms with Gasteiger partial charge in [-0.05, 0) is 44.5 Å². The molecule has 0 heterocycles. The minimum atomic E-state index is -0.165. The van der Waals surface area contributed by atoms with Gasteiger partial charge >= 0.3 is 0 Å². The summed E-state index contributed by atoms with van der Waals surface area (Å²) in [5, 5.41) is 8.82. The van der Waals surface area contributed by atoms with Crippen molar-refractivity contribution < 1.29 is 9.47 Å². The molecule has 0 bridgehead atoms. The molecule has 1 rings (SSSR count). The van der Waals surface area contributed by atoms with Gasteiger partial charge in [-0.3, -0.25) is 0 Å². The van der Waals surface area contributed by atoms with Crippen LogP contribution in [0, 0.1) is 18.3 Å². The Morgan fingerprint density at radius 1 is 1.35 bits per heavy atom. The Morgan fingerprint density at radius 3 is 2.59 bits per heavy atom. The average Bonchev–Trinajstić information content (AvgIpc) is 2.29. The van der Waals surface area contributed by atoms with E-state index in [0.29, 0.717) is 12.2 Å². The number of nitrogens with zero attached hydrogens (tertiary/aromatic N) is 1. The number of ether oxygens (including phenoxy) is 2. The van der Waals surface area contributed by atoms with Crippen molar-refractivity contribution in [2.45, 2.75) is 32.8 Å². The van der Waals surface area contributed by atoms with Crippen LogP contribution in [0.15, 0.2) is 18.2 Å². The average molecular weight is 233 g/mol. The lowest BCUT2D eigenvalue weighted by Gasteiger charge is -2.22. The van der Waals surface area contributed by atoms with Crippen LogP contribution in [0.1, 0.15) is 31.4 Å². The first-order valence-electron chi connectivity index (χ1n) is 5.67. The maximum absolute atomic E-state index is 8.82. The summed E-state index contributed by atoms with van der Waals surface area (Å²) in [5.41, 5.74) is 1.47. The highest BCUT2D eigenvalue weighted by Gasteiger charge is 2.15. The van der Waals surface area contributed by atoms with Crippen molar-refractivity contribution in [1.82, 2.24) is 0 Å². The Labute approximate surface area is 103 Å². The Bertz CT molecular complexity index is 419. The molecule has 0 spiro atoms. The Hall–Kier alpha value is -1.53. The molecule has 0 radical (unpaired) electrons. The van der Waals surface area contributed by atoms with Gasteiger partial charge in [0.2, 0.25) is 0 Å². The molecule has 0 atom stereocenters. The van der Waals surface area contributed by atoms with Crippen molar-refractivity contribution in [3.63, 3.8) is 0 Å². The molecule has 0 amide bonds. The second kappa shape index (κ2) is 5.70.